The highest BCUT2D eigenvalue weighted by molar-refractivity contribution is 6.31. The molecule has 1 heterocycles. The van der Waals surface area contributed by atoms with Crippen LogP contribution in [-0.4, -0.2) is 31.5 Å². The Kier molecular flexibility index (Phi) is 5.52. The summed E-state index contributed by atoms with van der Waals surface area (Å²) in [5.74, 6) is 0.0586. The molecule has 1 aliphatic rings. The van der Waals surface area contributed by atoms with Gasteiger partial charge in [0.05, 0.1) is 18.7 Å². The van der Waals surface area contributed by atoms with Crippen molar-refractivity contribution in [2.45, 2.75) is 39.7 Å². The number of hydrogen-bond acceptors (Lipinski definition) is 3. The van der Waals surface area contributed by atoms with Gasteiger partial charge in [0, 0.05) is 30.1 Å². The fraction of sp³-hybridized carbons (Fsp3) is 0.529. The topological polar surface area (TPSA) is 58.6 Å². The number of carbonyl (C=O) groups is 2. The molecule has 2 atom stereocenters. The number of nitrogens with zero attached hydrogens (tertiary/aromatic N) is 1. The van der Waals surface area contributed by atoms with E-state index in [1.807, 2.05) is 26.8 Å². The van der Waals surface area contributed by atoms with Crippen LogP contribution < -0.4 is 15.0 Å². The van der Waals surface area contributed by atoms with Gasteiger partial charge >= 0.3 is 0 Å². The molecule has 1 fully saturated rings. The summed E-state index contributed by atoms with van der Waals surface area (Å²) in [6.45, 7) is 6.20. The second-order valence-electron chi connectivity index (χ2n) is 6.00. The molecule has 1 saturated heterocycles. The summed E-state index contributed by atoms with van der Waals surface area (Å²) in [5.41, 5.74) is 1.53. The molecule has 5 nitrogen and oxygen atoms in total. The van der Waals surface area contributed by atoms with Crippen LogP contribution in [-0.2, 0) is 9.59 Å². The highest BCUT2D eigenvalue weighted by Crippen LogP contribution is 2.36. The lowest BCUT2D eigenvalue weighted by molar-refractivity contribution is -0.126. The molecular formula is C17H23ClN2O3. The number of benzene rings is 1. The lowest BCUT2D eigenvalue weighted by Crippen LogP contribution is -2.38. The zero-order valence-electron chi connectivity index (χ0n) is 14.0. The molecule has 2 rings (SSSR count). The van der Waals surface area contributed by atoms with Crippen molar-refractivity contribution in [1.29, 1.82) is 0 Å². The normalized spacial score (nSPS) is 18.9. The van der Waals surface area contributed by atoms with Crippen molar-refractivity contribution >= 4 is 29.1 Å². The Bertz CT molecular complexity index is 618. The SMILES string of the molecule is CCC(C)NC(=O)C1CC(=O)N(c2cc(C)c(Cl)cc2OC)C1. The van der Waals surface area contributed by atoms with Gasteiger partial charge in [-0.1, -0.05) is 18.5 Å². The number of nitrogens with one attached hydrogen (secondary N) is 1. The van der Waals surface area contributed by atoms with E-state index in [0.717, 1.165) is 12.0 Å². The predicted octanol–water partition coefficient (Wildman–Crippen LogP) is 2.92. The largest absolute Gasteiger partial charge is 0.495 e. The van der Waals surface area contributed by atoms with Crippen LogP contribution in [0.3, 0.4) is 0 Å². The van der Waals surface area contributed by atoms with E-state index in [9.17, 15) is 9.59 Å². The quantitative estimate of drug-likeness (QED) is 0.898. The van der Waals surface area contributed by atoms with Crippen LogP contribution in [0, 0.1) is 12.8 Å². The molecule has 0 radical (unpaired) electrons. The van der Waals surface area contributed by atoms with E-state index in [1.165, 1.54) is 7.11 Å². The Morgan fingerprint density at radius 3 is 2.83 bits per heavy atom. The number of halogens is 1. The molecule has 2 unspecified atom stereocenters. The lowest BCUT2D eigenvalue weighted by Gasteiger charge is -2.21. The summed E-state index contributed by atoms with van der Waals surface area (Å²) in [7, 11) is 1.54. The Hall–Kier alpha value is -1.75. The van der Waals surface area contributed by atoms with Gasteiger partial charge in [0.2, 0.25) is 11.8 Å². The second-order valence-corrected chi connectivity index (χ2v) is 6.40. The maximum atomic E-state index is 12.4. The van der Waals surface area contributed by atoms with Crippen LogP contribution in [0.4, 0.5) is 5.69 Å². The van der Waals surface area contributed by atoms with Crippen LogP contribution in [0.2, 0.25) is 5.02 Å². The van der Waals surface area contributed by atoms with Crippen LogP contribution in [0.1, 0.15) is 32.3 Å². The van der Waals surface area contributed by atoms with Crippen molar-refractivity contribution in [3.8, 4) is 5.75 Å². The zero-order chi connectivity index (χ0) is 17.1. The van der Waals surface area contributed by atoms with E-state index >= 15 is 0 Å². The van der Waals surface area contributed by atoms with Crippen molar-refractivity contribution < 1.29 is 14.3 Å². The zero-order valence-corrected chi connectivity index (χ0v) is 14.7. The minimum absolute atomic E-state index is 0.0696. The first-order valence-corrected chi connectivity index (χ1v) is 8.20. The van der Waals surface area contributed by atoms with E-state index < -0.39 is 0 Å². The molecule has 1 aromatic rings. The molecule has 0 saturated carbocycles. The predicted molar refractivity (Wildman–Crippen MR) is 91.1 cm³/mol. The maximum Gasteiger partial charge on any atom is 0.227 e. The third kappa shape index (κ3) is 3.78. The number of methoxy groups -OCH3 is 1. The van der Waals surface area contributed by atoms with Crippen molar-refractivity contribution in [1.82, 2.24) is 5.32 Å². The van der Waals surface area contributed by atoms with Gasteiger partial charge in [0.15, 0.2) is 0 Å². The van der Waals surface area contributed by atoms with Gasteiger partial charge in [-0.05, 0) is 31.9 Å². The number of aryl methyl sites for hydroxylation is 1. The molecule has 2 amide bonds. The first-order valence-electron chi connectivity index (χ1n) is 7.82. The molecule has 0 bridgehead atoms. The molecule has 0 aromatic heterocycles. The van der Waals surface area contributed by atoms with Gasteiger partial charge in [-0.25, -0.2) is 0 Å². The molecule has 6 heteroatoms. The van der Waals surface area contributed by atoms with E-state index in [0.29, 0.717) is 23.0 Å². The summed E-state index contributed by atoms with van der Waals surface area (Å²) in [6, 6.07) is 3.64. The Morgan fingerprint density at radius 1 is 1.52 bits per heavy atom. The molecule has 126 valence electrons. The van der Waals surface area contributed by atoms with E-state index in [2.05, 4.69) is 5.32 Å². The molecule has 0 aliphatic carbocycles. The van der Waals surface area contributed by atoms with Crippen LogP contribution >= 0.6 is 11.6 Å². The third-order valence-corrected chi connectivity index (χ3v) is 4.65. The molecule has 1 N–H and O–H groups in total. The second kappa shape index (κ2) is 7.21. The molecule has 1 aromatic carbocycles. The van der Waals surface area contributed by atoms with Crippen molar-refractivity contribution in [2.24, 2.45) is 5.92 Å². The summed E-state index contributed by atoms with van der Waals surface area (Å²) in [6.07, 6.45) is 1.08. The monoisotopic (exact) mass is 338 g/mol. The third-order valence-electron chi connectivity index (χ3n) is 4.25. The first kappa shape index (κ1) is 17.6. The minimum atomic E-state index is -0.336. The summed E-state index contributed by atoms with van der Waals surface area (Å²) in [4.78, 5) is 26.3. The average Bonchev–Trinajstić information content (AvgIpc) is 2.91. The van der Waals surface area contributed by atoms with Crippen molar-refractivity contribution in [3.63, 3.8) is 0 Å². The highest BCUT2D eigenvalue weighted by Gasteiger charge is 2.36. The summed E-state index contributed by atoms with van der Waals surface area (Å²) in [5, 5.41) is 3.53. The van der Waals surface area contributed by atoms with Gasteiger partial charge in [-0.2, -0.15) is 0 Å². The standard InChI is InChI=1S/C17H23ClN2O3/c1-5-11(3)19-17(22)12-7-16(21)20(9-12)14-6-10(2)13(18)8-15(14)23-4/h6,8,11-12H,5,7,9H2,1-4H3,(H,19,22). The maximum absolute atomic E-state index is 12.4. The van der Waals surface area contributed by atoms with E-state index in [1.54, 1.807) is 11.0 Å². The Morgan fingerprint density at radius 2 is 2.22 bits per heavy atom. The van der Waals surface area contributed by atoms with Crippen LogP contribution in [0.25, 0.3) is 0 Å². The lowest BCUT2D eigenvalue weighted by atomic mass is 10.1. The Balaban J connectivity index is 2.21. The van der Waals surface area contributed by atoms with Crippen molar-refractivity contribution in [3.05, 3.63) is 22.7 Å². The van der Waals surface area contributed by atoms with Gasteiger partial charge in [0.25, 0.3) is 0 Å². The van der Waals surface area contributed by atoms with Crippen LogP contribution in [0.5, 0.6) is 5.75 Å². The summed E-state index contributed by atoms with van der Waals surface area (Å²) < 4.78 is 5.34. The fourth-order valence-electron chi connectivity index (χ4n) is 2.60. The summed E-state index contributed by atoms with van der Waals surface area (Å²) >= 11 is 6.11. The van der Waals surface area contributed by atoms with E-state index in [4.69, 9.17) is 16.3 Å². The number of carbonyl (C=O) groups excluding carboxylic acids is 2. The number of rotatable bonds is 5. The van der Waals surface area contributed by atoms with Gasteiger partial charge in [0.1, 0.15) is 5.75 Å². The molecule has 0 spiro atoms. The van der Waals surface area contributed by atoms with Gasteiger partial charge in [-0.3, -0.25) is 9.59 Å². The minimum Gasteiger partial charge on any atom is -0.495 e. The number of anilines is 1. The smallest absolute Gasteiger partial charge is 0.227 e. The number of hydrogen-bond donors (Lipinski definition) is 1. The average molecular weight is 339 g/mol. The number of amides is 2. The first-order chi connectivity index (χ1) is 10.9. The molecule has 23 heavy (non-hydrogen) atoms. The van der Waals surface area contributed by atoms with Crippen LogP contribution in [0.15, 0.2) is 12.1 Å². The molecular weight excluding hydrogens is 316 g/mol. The molecule has 1 aliphatic heterocycles. The fourth-order valence-corrected chi connectivity index (χ4v) is 2.75. The number of ether oxygens (including phenoxy) is 1. The van der Waals surface area contributed by atoms with Gasteiger partial charge < -0.3 is 15.0 Å². The highest BCUT2D eigenvalue weighted by atomic mass is 35.5. The van der Waals surface area contributed by atoms with Crippen molar-refractivity contribution in [2.75, 3.05) is 18.6 Å². The van der Waals surface area contributed by atoms with Gasteiger partial charge in [-0.15, -0.1) is 0 Å². The Labute approximate surface area is 141 Å². The van der Waals surface area contributed by atoms with E-state index in [-0.39, 0.29) is 30.2 Å².